The molecule has 1 aliphatic heterocycles. The summed E-state index contributed by atoms with van der Waals surface area (Å²) in [5, 5.41) is 6.30. The average Bonchev–Trinajstić information content (AvgIpc) is 3.02. The fourth-order valence-corrected chi connectivity index (χ4v) is 5.05. The van der Waals surface area contributed by atoms with E-state index >= 15 is 0 Å². The summed E-state index contributed by atoms with van der Waals surface area (Å²) in [5.74, 6) is 0.334. The molecule has 0 unspecified atom stereocenters. The number of ether oxygens (including phenoxy) is 2. The molecule has 0 atom stereocenters. The largest absolute Gasteiger partial charge is 0.444 e. The number of rotatable bonds is 6. The molecule has 1 amide bonds. The number of nitrogens with zero attached hydrogens (tertiary/aromatic N) is 3. The number of likely N-dealkylation sites (tertiary alicyclic amines) is 1. The molecule has 1 aliphatic rings. The first-order valence-electron chi connectivity index (χ1n) is 11.9. The predicted molar refractivity (Wildman–Crippen MR) is 133 cm³/mol. The second-order valence-corrected chi connectivity index (χ2v) is 17.1. The minimum atomic E-state index is -1.12. The molecule has 6 nitrogen and oxygen atoms in total. The summed E-state index contributed by atoms with van der Waals surface area (Å²) in [4.78, 5) is 14.3. The molecule has 32 heavy (non-hydrogen) atoms. The van der Waals surface area contributed by atoms with Gasteiger partial charge in [-0.15, -0.1) is 0 Å². The Kier molecular flexibility index (Phi) is 7.40. The first-order valence-corrected chi connectivity index (χ1v) is 15.6. The Hall–Kier alpha value is -1.86. The fourth-order valence-electron chi connectivity index (χ4n) is 4.29. The van der Waals surface area contributed by atoms with Crippen molar-refractivity contribution in [2.75, 3.05) is 19.7 Å². The van der Waals surface area contributed by atoms with Crippen LogP contribution in [0.25, 0.3) is 10.9 Å². The Bertz CT molecular complexity index is 948. The lowest BCUT2D eigenvalue weighted by molar-refractivity contribution is 0.0204. The van der Waals surface area contributed by atoms with Gasteiger partial charge in [0.25, 0.3) is 0 Å². The number of fused-ring (bicyclic) bond motifs is 1. The molecular formula is C25H41N3O3Si. The zero-order valence-corrected chi connectivity index (χ0v) is 22.2. The number of hydrogen-bond acceptors (Lipinski definition) is 4. The minimum absolute atomic E-state index is 0.214. The van der Waals surface area contributed by atoms with Crippen molar-refractivity contribution in [3.05, 3.63) is 29.0 Å². The molecule has 2 heterocycles. The summed E-state index contributed by atoms with van der Waals surface area (Å²) in [7, 11) is -1.12. The number of aromatic nitrogens is 2. The van der Waals surface area contributed by atoms with E-state index in [2.05, 4.69) is 45.6 Å². The highest BCUT2D eigenvalue weighted by Gasteiger charge is 2.30. The molecule has 1 aromatic carbocycles. The van der Waals surface area contributed by atoms with Gasteiger partial charge < -0.3 is 14.4 Å². The highest BCUT2D eigenvalue weighted by atomic mass is 28.3. The number of carbonyl (C=O) groups excluding carboxylic acids is 1. The summed E-state index contributed by atoms with van der Waals surface area (Å²) in [6.07, 6.45) is 1.58. The molecule has 0 radical (unpaired) electrons. The Morgan fingerprint density at radius 1 is 1.16 bits per heavy atom. The molecule has 0 aliphatic carbocycles. The molecule has 3 rings (SSSR count). The van der Waals surface area contributed by atoms with E-state index in [1.807, 2.05) is 30.4 Å². The summed E-state index contributed by atoms with van der Waals surface area (Å²) in [6, 6.07) is 5.61. The Labute approximate surface area is 194 Å². The number of aryl methyl sites for hydroxylation is 2. The fraction of sp³-hybridized carbons (Fsp3) is 0.680. The van der Waals surface area contributed by atoms with Gasteiger partial charge in [-0.3, -0.25) is 0 Å². The topological polar surface area (TPSA) is 56.6 Å². The smallest absolute Gasteiger partial charge is 0.410 e. The summed E-state index contributed by atoms with van der Waals surface area (Å²) in [5.41, 5.74) is 4.34. The predicted octanol–water partition coefficient (Wildman–Crippen LogP) is 6.08. The van der Waals surface area contributed by atoms with Crippen molar-refractivity contribution in [2.24, 2.45) is 0 Å². The van der Waals surface area contributed by atoms with E-state index in [4.69, 9.17) is 14.6 Å². The van der Waals surface area contributed by atoms with Crippen LogP contribution >= 0.6 is 0 Å². The van der Waals surface area contributed by atoms with Crippen molar-refractivity contribution in [1.29, 1.82) is 0 Å². The van der Waals surface area contributed by atoms with Gasteiger partial charge in [0.05, 0.1) is 11.2 Å². The maximum Gasteiger partial charge on any atom is 0.410 e. The monoisotopic (exact) mass is 459 g/mol. The Morgan fingerprint density at radius 2 is 1.81 bits per heavy atom. The van der Waals surface area contributed by atoms with Crippen molar-refractivity contribution in [1.82, 2.24) is 14.7 Å². The number of amides is 1. The maximum atomic E-state index is 12.5. The van der Waals surface area contributed by atoms with Crippen molar-refractivity contribution in [3.8, 4) is 0 Å². The molecular weight excluding hydrogens is 418 g/mol. The van der Waals surface area contributed by atoms with E-state index in [-0.39, 0.29) is 6.09 Å². The number of carbonyl (C=O) groups is 1. The van der Waals surface area contributed by atoms with Crippen LogP contribution in [0.1, 0.15) is 56.4 Å². The van der Waals surface area contributed by atoms with Gasteiger partial charge in [0.15, 0.2) is 0 Å². The third kappa shape index (κ3) is 6.35. The third-order valence-electron chi connectivity index (χ3n) is 5.97. The van der Waals surface area contributed by atoms with Gasteiger partial charge in [0, 0.05) is 39.1 Å². The van der Waals surface area contributed by atoms with E-state index in [0.717, 1.165) is 36.7 Å². The molecule has 7 heteroatoms. The highest BCUT2D eigenvalue weighted by molar-refractivity contribution is 6.76. The summed E-state index contributed by atoms with van der Waals surface area (Å²) in [6.45, 7) is 19.8. The van der Waals surface area contributed by atoms with Crippen LogP contribution in [0, 0.1) is 13.8 Å². The van der Waals surface area contributed by atoms with Crippen LogP contribution in [0.3, 0.4) is 0 Å². The van der Waals surface area contributed by atoms with Gasteiger partial charge in [-0.25, -0.2) is 9.48 Å². The minimum Gasteiger partial charge on any atom is -0.444 e. The van der Waals surface area contributed by atoms with E-state index in [0.29, 0.717) is 25.7 Å². The van der Waals surface area contributed by atoms with Crippen molar-refractivity contribution in [2.45, 2.75) is 91.4 Å². The van der Waals surface area contributed by atoms with Gasteiger partial charge >= 0.3 is 6.09 Å². The van der Waals surface area contributed by atoms with Crippen LogP contribution in [0.15, 0.2) is 12.1 Å². The first-order chi connectivity index (χ1) is 14.8. The van der Waals surface area contributed by atoms with Crippen molar-refractivity contribution < 1.29 is 14.3 Å². The van der Waals surface area contributed by atoms with Crippen LogP contribution in [0.5, 0.6) is 0 Å². The zero-order chi connectivity index (χ0) is 23.7. The molecule has 0 N–H and O–H groups in total. The summed E-state index contributed by atoms with van der Waals surface area (Å²) >= 11 is 0. The van der Waals surface area contributed by atoms with Crippen LogP contribution in [-0.4, -0.2) is 54.1 Å². The van der Waals surface area contributed by atoms with Crippen LogP contribution in [0.4, 0.5) is 4.79 Å². The maximum absolute atomic E-state index is 12.5. The van der Waals surface area contributed by atoms with Gasteiger partial charge in [-0.1, -0.05) is 25.7 Å². The molecule has 0 bridgehead atoms. The lowest BCUT2D eigenvalue weighted by Crippen LogP contribution is -2.41. The zero-order valence-electron chi connectivity index (χ0n) is 21.2. The van der Waals surface area contributed by atoms with Gasteiger partial charge in [0.1, 0.15) is 12.3 Å². The number of piperidine rings is 1. The standard InChI is InChI=1S/C25H41N3O3Si/c1-18-15-19(2)22-21(16-18)28(17-30-13-14-32(6,7)8)26-23(22)20-9-11-27(12-10-20)24(29)31-25(3,4)5/h15-16,20H,9-14,17H2,1-8H3. The molecule has 178 valence electrons. The number of benzene rings is 1. The molecule has 1 aromatic heterocycles. The highest BCUT2D eigenvalue weighted by Crippen LogP contribution is 2.35. The van der Waals surface area contributed by atoms with Gasteiger partial charge in [-0.2, -0.15) is 5.10 Å². The number of hydrogen-bond donors (Lipinski definition) is 0. The Morgan fingerprint density at radius 3 is 2.41 bits per heavy atom. The Balaban J connectivity index is 1.76. The molecule has 1 fully saturated rings. The lowest BCUT2D eigenvalue weighted by Gasteiger charge is -2.33. The normalized spacial score (nSPS) is 16.1. The van der Waals surface area contributed by atoms with Crippen molar-refractivity contribution in [3.63, 3.8) is 0 Å². The molecule has 0 saturated carbocycles. The third-order valence-corrected chi connectivity index (χ3v) is 7.67. The summed E-state index contributed by atoms with van der Waals surface area (Å²) < 4.78 is 13.6. The molecule has 2 aromatic rings. The van der Waals surface area contributed by atoms with Gasteiger partial charge in [-0.05, 0) is 70.7 Å². The molecule has 0 spiro atoms. The van der Waals surface area contributed by atoms with E-state index < -0.39 is 13.7 Å². The second-order valence-electron chi connectivity index (χ2n) is 11.5. The average molecular weight is 460 g/mol. The van der Waals surface area contributed by atoms with Crippen LogP contribution < -0.4 is 0 Å². The van der Waals surface area contributed by atoms with E-state index in [9.17, 15) is 4.79 Å². The lowest BCUT2D eigenvalue weighted by atomic mass is 9.90. The van der Waals surface area contributed by atoms with Crippen molar-refractivity contribution >= 4 is 25.1 Å². The van der Waals surface area contributed by atoms with Crippen LogP contribution in [-0.2, 0) is 16.2 Å². The van der Waals surface area contributed by atoms with E-state index in [1.165, 1.54) is 16.5 Å². The molecule has 1 saturated heterocycles. The second kappa shape index (κ2) is 9.55. The quantitative estimate of drug-likeness (QED) is 0.388. The first kappa shape index (κ1) is 24.8. The van der Waals surface area contributed by atoms with E-state index in [1.54, 1.807) is 0 Å². The SMILES string of the molecule is Cc1cc(C)c2c(C3CCN(C(=O)OC(C)(C)C)CC3)nn(COCC[Si](C)(C)C)c2c1. The van der Waals surface area contributed by atoms with Gasteiger partial charge in [0.2, 0.25) is 0 Å². The van der Waals surface area contributed by atoms with Crippen LogP contribution in [0.2, 0.25) is 25.7 Å².